The Hall–Kier alpha value is -4.11. The Labute approximate surface area is 214 Å². The Bertz CT molecular complexity index is 1380. The van der Waals surface area contributed by atoms with Crippen molar-refractivity contribution in [1.82, 2.24) is 0 Å². The highest BCUT2D eigenvalue weighted by atomic mass is 32.2. The van der Waals surface area contributed by atoms with Gasteiger partial charge in [0, 0.05) is 16.1 Å². The van der Waals surface area contributed by atoms with Crippen LogP contribution in [0.1, 0.15) is 26.7 Å². The molecule has 0 bridgehead atoms. The number of rotatable bonds is 7. The van der Waals surface area contributed by atoms with Crippen LogP contribution < -0.4 is 10.6 Å². The molecule has 2 amide bonds. The van der Waals surface area contributed by atoms with Crippen LogP contribution in [0, 0.1) is 5.82 Å². The number of anilines is 2. The Morgan fingerprint density at radius 3 is 2.00 bits per heavy atom. The Balaban J connectivity index is 1.52. The standard InChI is InChI=1S/C28H20F4N2O2S/c29-20-12-10-19(11-13-20)26(35)33-21-14-16-22(17-15-21)37-25(18-6-2-1-3-7-18)27(36)34-24-9-5-4-8-23(24)28(30,31)32/h1-17,25H,(H,33,35)(H,34,36). The lowest BCUT2D eigenvalue weighted by atomic mass is 10.1. The van der Waals surface area contributed by atoms with E-state index in [0.717, 1.165) is 17.8 Å². The molecule has 188 valence electrons. The van der Waals surface area contributed by atoms with Gasteiger partial charge in [-0.05, 0) is 66.2 Å². The highest BCUT2D eigenvalue weighted by molar-refractivity contribution is 8.00. The van der Waals surface area contributed by atoms with E-state index in [2.05, 4.69) is 10.6 Å². The lowest BCUT2D eigenvalue weighted by Gasteiger charge is -2.19. The van der Waals surface area contributed by atoms with Crippen LogP contribution in [0.25, 0.3) is 0 Å². The first-order chi connectivity index (χ1) is 17.7. The predicted molar refractivity (Wildman–Crippen MR) is 136 cm³/mol. The molecular weight excluding hydrogens is 504 g/mol. The van der Waals surface area contributed by atoms with Crippen molar-refractivity contribution in [2.24, 2.45) is 0 Å². The van der Waals surface area contributed by atoms with Gasteiger partial charge in [0.05, 0.1) is 11.3 Å². The minimum Gasteiger partial charge on any atom is -0.324 e. The summed E-state index contributed by atoms with van der Waals surface area (Å²) in [4.78, 5) is 26.2. The molecule has 0 aliphatic carbocycles. The zero-order valence-electron chi connectivity index (χ0n) is 19.1. The first-order valence-electron chi connectivity index (χ1n) is 11.1. The van der Waals surface area contributed by atoms with Crippen LogP contribution in [0.15, 0.2) is 108 Å². The third kappa shape index (κ3) is 6.77. The van der Waals surface area contributed by atoms with Crippen molar-refractivity contribution in [2.45, 2.75) is 16.3 Å². The van der Waals surface area contributed by atoms with Crippen LogP contribution in [-0.2, 0) is 11.0 Å². The number of alkyl halides is 3. The highest BCUT2D eigenvalue weighted by Crippen LogP contribution is 2.39. The zero-order chi connectivity index (χ0) is 26.4. The maximum absolute atomic E-state index is 13.4. The van der Waals surface area contributed by atoms with Crippen molar-refractivity contribution in [3.63, 3.8) is 0 Å². The van der Waals surface area contributed by atoms with Crippen molar-refractivity contribution in [1.29, 1.82) is 0 Å². The fourth-order valence-corrected chi connectivity index (χ4v) is 4.52. The van der Waals surface area contributed by atoms with Gasteiger partial charge in [-0.1, -0.05) is 42.5 Å². The lowest BCUT2D eigenvalue weighted by molar-refractivity contribution is -0.137. The lowest BCUT2D eigenvalue weighted by Crippen LogP contribution is -2.21. The molecule has 4 aromatic rings. The van der Waals surface area contributed by atoms with Crippen LogP contribution in [0.2, 0.25) is 0 Å². The van der Waals surface area contributed by atoms with Crippen molar-refractivity contribution >= 4 is 35.0 Å². The van der Waals surface area contributed by atoms with Gasteiger partial charge in [0.2, 0.25) is 5.91 Å². The molecule has 0 fully saturated rings. The number of thioether (sulfide) groups is 1. The van der Waals surface area contributed by atoms with Crippen LogP contribution >= 0.6 is 11.8 Å². The summed E-state index contributed by atoms with van der Waals surface area (Å²) in [5.74, 6) is -1.47. The monoisotopic (exact) mass is 524 g/mol. The molecule has 4 nitrogen and oxygen atoms in total. The van der Waals surface area contributed by atoms with Gasteiger partial charge < -0.3 is 10.6 Å². The first kappa shape index (κ1) is 26.0. The zero-order valence-corrected chi connectivity index (χ0v) is 19.9. The topological polar surface area (TPSA) is 58.2 Å². The largest absolute Gasteiger partial charge is 0.418 e. The molecule has 1 unspecified atom stereocenters. The molecule has 0 saturated carbocycles. The summed E-state index contributed by atoms with van der Waals surface area (Å²) < 4.78 is 53.3. The maximum atomic E-state index is 13.4. The minimum absolute atomic E-state index is 0.291. The van der Waals surface area contributed by atoms with E-state index in [4.69, 9.17) is 0 Å². The molecule has 4 rings (SSSR count). The molecule has 0 radical (unpaired) electrons. The van der Waals surface area contributed by atoms with E-state index in [0.29, 0.717) is 21.7 Å². The van der Waals surface area contributed by atoms with Crippen LogP contribution in [0.4, 0.5) is 28.9 Å². The van der Waals surface area contributed by atoms with Gasteiger partial charge in [0.1, 0.15) is 11.1 Å². The first-order valence-corrected chi connectivity index (χ1v) is 11.9. The second kappa shape index (κ2) is 11.3. The number of carbonyl (C=O) groups is 2. The summed E-state index contributed by atoms with van der Waals surface area (Å²) in [7, 11) is 0. The molecule has 0 spiro atoms. The van der Waals surface area contributed by atoms with Gasteiger partial charge in [-0.25, -0.2) is 4.39 Å². The molecule has 37 heavy (non-hydrogen) atoms. The molecule has 9 heteroatoms. The average Bonchev–Trinajstić information content (AvgIpc) is 2.88. The molecular formula is C28H20F4N2O2S. The van der Waals surface area contributed by atoms with Crippen molar-refractivity contribution in [2.75, 3.05) is 10.6 Å². The maximum Gasteiger partial charge on any atom is 0.418 e. The number of hydrogen-bond acceptors (Lipinski definition) is 3. The van der Waals surface area contributed by atoms with E-state index >= 15 is 0 Å². The third-order valence-corrected chi connectivity index (χ3v) is 6.57. The van der Waals surface area contributed by atoms with Crippen molar-refractivity contribution in [3.8, 4) is 0 Å². The number of hydrogen-bond donors (Lipinski definition) is 2. The number of para-hydroxylation sites is 1. The number of amides is 2. The van der Waals surface area contributed by atoms with E-state index in [9.17, 15) is 27.2 Å². The van der Waals surface area contributed by atoms with Gasteiger partial charge in [0.25, 0.3) is 5.91 Å². The summed E-state index contributed by atoms with van der Waals surface area (Å²) in [6, 6.07) is 25.3. The molecule has 4 aromatic carbocycles. The van der Waals surface area contributed by atoms with Crippen LogP contribution in [-0.4, -0.2) is 11.8 Å². The summed E-state index contributed by atoms with van der Waals surface area (Å²) in [6.45, 7) is 0. The fourth-order valence-electron chi connectivity index (χ4n) is 3.50. The van der Waals surface area contributed by atoms with Gasteiger partial charge in [-0.15, -0.1) is 11.8 Å². The summed E-state index contributed by atoms with van der Waals surface area (Å²) >= 11 is 1.16. The van der Waals surface area contributed by atoms with E-state index in [-0.39, 0.29) is 5.69 Å². The van der Waals surface area contributed by atoms with Crippen LogP contribution in [0.5, 0.6) is 0 Å². The molecule has 0 heterocycles. The number of nitrogens with one attached hydrogen (secondary N) is 2. The predicted octanol–water partition coefficient (Wildman–Crippen LogP) is 7.57. The summed E-state index contributed by atoms with van der Waals surface area (Å²) in [5.41, 5.74) is 0.142. The third-order valence-electron chi connectivity index (χ3n) is 5.30. The summed E-state index contributed by atoms with van der Waals surface area (Å²) in [6.07, 6.45) is -4.62. The molecule has 0 aromatic heterocycles. The Kier molecular flexibility index (Phi) is 7.93. The van der Waals surface area contributed by atoms with Crippen LogP contribution in [0.3, 0.4) is 0 Å². The average molecular weight is 525 g/mol. The highest BCUT2D eigenvalue weighted by Gasteiger charge is 2.34. The Morgan fingerprint density at radius 1 is 0.730 bits per heavy atom. The normalized spacial score (nSPS) is 12.0. The molecule has 0 aliphatic rings. The van der Waals surface area contributed by atoms with E-state index in [1.165, 1.54) is 42.5 Å². The Morgan fingerprint density at radius 2 is 1.35 bits per heavy atom. The van der Waals surface area contributed by atoms with Gasteiger partial charge >= 0.3 is 6.18 Å². The van der Waals surface area contributed by atoms with Gasteiger partial charge in [0.15, 0.2) is 0 Å². The minimum atomic E-state index is -4.62. The molecule has 1 atom stereocenters. The quantitative estimate of drug-likeness (QED) is 0.194. The van der Waals surface area contributed by atoms with E-state index in [1.807, 2.05) is 0 Å². The smallest absolute Gasteiger partial charge is 0.324 e. The van der Waals surface area contributed by atoms with Crippen molar-refractivity contribution < 1.29 is 27.2 Å². The molecule has 0 saturated heterocycles. The van der Waals surface area contributed by atoms with E-state index in [1.54, 1.807) is 54.6 Å². The SMILES string of the molecule is O=C(Nc1ccc(SC(C(=O)Nc2ccccc2C(F)(F)F)c2ccccc2)cc1)c1ccc(F)cc1. The fraction of sp³-hybridized carbons (Fsp3) is 0.0714. The van der Waals surface area contributed by atoms with Crippen molar-refractivity contribution in [3.05, 3.63) is 126 Å². The molecule has 0 aliphatic heterocycles. The van der Waals surface area contributed by atoms with Gasteiger partial charge in [-0.2, -0.15) is 13.2 Å². The van der Waals surface area contributed by atoms with E-state index < -0.39 is 34.6 Å². The second-order valence-corrected chi connectivity index (χ2v) is 9.11. The number of benzene rings is 4. The summed E-state index contributed by atoms with van der Waals surface area (Å²) in [5, 5.41) is 4.30. The van der Waals surface area contributed by atoms with Gasteiger partial charge in [-0.3, -0.25) is 9.59 Å². The number of carbonyl (C=O) groups excluding carboxylic acids is 2. The molecule has 2 N–H and O–H groups in total. The second-order valence-electron chi connectivity index (χ2n) is 7.93. The number of halogens is 4.